The molecule has 118 valence electrons. The zero-order valence-corrected chi connectivity index (χ0v) is 14.7. The van der Waals surface area contributed by atoms with Crippen molar-refractivity contribution in [2.24, 2.45) is 0 Å². The minimum absolute atomic E-state index is 0. The number of ketones is 1. The summed E-state index contributed by atoms with van der Waals surface area (Å²) in [4.78, 5) is 13.4. The van der Waals surface area contributed by atoms with Crippen molar-refractivity contribution in [2.75, 3.05) is 6.26 Å². The summed E-state index contributed by atoms with van der Waals surface area (Å²) >= 11 is 7.62. The van der Waals surface area contributed by atoms with Crippen LogP contribution in [-0.2, 0) is 0 Å². The fraction of sp³-hybridized carbons (Fsp3) is 0.0556. The van der Waals surface area contributed by atoms with Gasteiger partial charge in [0.2, 0.25) is 5.78 Å². The molecule has 5 heteroatoms. The first-order chi connectivity index (χ1) is 10.7. The Kier molecular flexibility index (Phi) is 5.94. The zero-order valence-electron chi connectivity index (χ0n) is 12.3. The third-order valence-electron chi connectivity index (χ3n) is 3.26. The Balaban J connectivity index is 0.00000192. The smallest absolute Gasteiger partial charge is 0.221 e. The lowest BCUT2D eigenvalue weighted by Crippen LogP contribution is -1.90. The highest BCUT2D eigenvalue weighted by atomic mass is 35.5. The summed E-state index contributed by atoms with van der Waals surface area (Å²) in [6.45, 7) is 0. The summed E-state index contributed by atoms with van der Waals surface area (Å²) in [5.41, 5.74) is 1.63. The summed E-state index contributed by atoms with van der Waals surface area (Å²) in [6, 6.07) is 15.0. The van der Waals surface area contributed by atoms with Crippen LogP contribution in [0.2, 0.25) is 5.02 Å². The molecule has 1 aromatic heterocycles. The second-order valence-electron chi connectivity index (χ2n) is 4.76. The molecule has 0 aliphatic rings. The normalized spacial score (nSPS) is 10.9. The van der Waals surface area contributed by atoms with Crippen molar-refractivity contribution in [2.45, 2.75) is 4.90 Å². The molecule has 0 saturated carbocycles. The number of allylic oxidation sites excluding steroid dienone is 1. The number of rotatable bonds is 4. The molecule has 3 aromatic rings. The second kappa shape index (κ2) is 7.73. The minimum Gasteiger partial charge on any atom is -0.453 e. The summed E-state index contributed by atoms with van der Waals surface area (Å²) in [6.07, 6.45) is 5.34. The van der Waals surface area contributed by atoms with Crippen LogP contribution in [0.25, 0.3) is 17.0 Å². The average molecular weight is 365 g/mol. The Morgan fingerprint density at radius 3 is 2.57 bits per heavy atom. The van der Waals surface area contributed by atoms with E-state index in [2.05, 4.69) is 0 Å². The third-order valence-corrected chi connectivity index (χ3v) is 4.24. The molecule has 3 rings (SSSR count). The monoisotopic (exact) mass is 364 g/mol. The van der Waals surface area contributed by atoms with Gasteiger partial charge in [-0.1, -0.05) is 29.8 Å². The first-order valence-electron chi connectivity index (χ1n) is 6.71. The molecule has 2 nitrogen and oxygen atoms in total. The van der Waals surface area contributed by atoms with Gasteiger partial charge < -0.3 is 4.42 Å². The zero-order chi connectivity index (χ0) is 15.5. The maximum absolute atomic E-state index is 12.2. The van der Waals surface area contributed by atoms with Crippen molar-refractivity contribution >= 4 is 58.6 Å². The van der Waals surface area contributed by atoms with Crippen molar-refractivity contribution in [3.8, 4) is 0 Å². The van der Waals surface area contributed by atoms with E-state index in [0.29, 0.717) is 16.4 Å². The van der Waals surface area contributed by atoms with Gasteiger partial charge in [0.15, 0.2) is 5.76 Å². The van der Waals surface area contributed by atoms with Gasteiger partial charge in [0.05, 0.1) is 0 Å². The van der Waals surface area contributed by atoms with Crippen molar-refractivity contribution in [1.82, 2.24) is 0 Å². The molecule has 0 aliphatic heterocycles. The van der Waals surface area contributed by atoms with E-state index in [9.17, 15) is 4.79 Å². The molecule has 1 heterocycles. The van der Waals surface area contributed by atoms with Gasteiger partial charge in [-0.2, -0.15) is 0 Å². The topological polar surface area (TPSA) is 30.2 Å². The van der Waals surface area contributed by atoms with Crippen LogP contribution in [0.1, 0.15) is 16.1 Å². The standard InChI is InChI=1S/C18H13ClO2S.ClH/c1-22-15-6-2-12(3-7-15)4-8-16(20)18-11-13-10-14(19)5-9-17(13)21-18;/h2-11H,1H3;1H. The van der Waals surface area contributed by atoms with Crippen LogP contribution in [0.3, 0.4) is 0 Å². The van der Waals surface area contributed by atoms with Gasteiger partial charge >= 0.3 is 0 Å². The van der Waals surface area contributed by atoms with Crippen LogP contribution in [0, 0.1) is 0 Å². The van der Waals surface area contributed by atoms with E-state index >= 15 is 0 Å². The number of halogens is 2. The number of furan rings is 1. The minimum atomic E-state index is -0.165. The number of benzene rings is 2. The van der Waals surface area contributed by atoms with Crippen molar-refractivity contribution < 1.29 is 9.21 Å². The first-order valence-corrected chi connectivity index (χ1v) is 8.31. The van der Waals surface area contributed by atoms with E-state index in [1.54, 1.807) is 42.1 Å². The lowest BCUT2D eigenvalue weighted by molar-refractivity contribution is 0.102. The quantitative estimate of drug-likeness (QED) is 0.317. The molecule has 0 unspecified atom stereocenters. The van der Waals surface area contributed by atoms with Gasteiger partial charge in [0.25, 0.3) is 0 Å². The average Bonchev–Trinajstić information content (AvgIpc) is 2.96. The summed E-state index contributed by atoms with van der Waals surface area (Å²) in [5, 5.41) is 1.45. The number of carbonyl (C=O) groups is 1. The van der Waals surface area contributed by atoms with E-state index in [4.69, 9.17) is 16.0 Å². The van der Waals surface area contributed by atoms with Crippen LogP contribution in [-0.4, -0.2) is 12.0 Å². The molecule has 0 saturated heterocycles. The lowest BCUT2D eigenvalue weighted by atomic mass is 10.2. The second-order valence-corrected chi connectivity index (χ2v) is 6.08. The summed E-state index contributed by atoms with van der Waals surface area (Å²) in [7, 11) is 0. The van der Waals surface area contributed by atoms with E-state index < -0.39 is 0 Å². The number of thioether (sulfide) groups is 1. The van der Waals surface area contributed by atoms with Gasteiger partial charge in [-0.3, -0.25) is 4.79 Å². The Hall–Kier alpha value is -1.68. The largest absolute Gasteiger partial charge is 0.453 e. The van der Waals surface area contributed by atoms with Crippen LogP contribution in [0.4, 0.5) is 0 Å². The lowest BCUT2D eigenvalue weighted by Gasteiger charge is -1.96. The summed E-state index contributed by atoms with van der Waals surface area (Å²) in [5.74, 6) is 0.149. The Labute approximate surface area is 149 Å². The molecule has 0 N–H and O–H groups in total. The molecule has 2 aromatic carbocycles. The Morgan fingerprint density at radius 1 is 1.13 bits per heavy atom. The molecule has 0 aliphatic carbocycles. The van der Waals surface area contributed by atoms with Gasteiger partial charge in [-0.15, -0.1) is 24.2 Å². The van der Waals surface area contributed by atoms with Crippen LogP contribution >= 0.6 is 35.8 Å². The van der Waals surface area contributed by atoms with Crippen LogP contribution in [0.5, 0.6) is 0 Å². The van der Waals surface area contributed by atoms with E-state index in [1.807, 2.05) is 30.5 Å². The van der Waals surface area contributed by atoms with Gasteiger partial charge in [0, 0.05) is 15.3 Å². The maximum atomic E-state index is 12.2. The highest BCUT2D eigenvalue weighted by Gasteiger charge is 2.09. The Bertz CT molecular complexity index is 851. The molecule has 0 amide bonds. The predicted molar refractivity (Wildman–Crippen MR) is 100 cm³/mol. The summed E-state index contributed by atoms with van der Waals surface area (Å²) < 4.78 is 5.55. The number of hydrogen-bond donors (Lipinski definition) is 0. The molecule has 0 spiro atoms. The van der Waals surface area contributed by atoms with E-state index in [0.717, 1.165) is 10.9 Å². The molecular weight excluding hydrogens is 351 g/mol. The first kappa shape index (κ1) is 17.7. The highest BCUT2D eigenvalue weighted by Crippen LogP contribution is 2.23. The predicted octanol–water partition coefficient (Wildman–Crippen LogP) is 6.13. The highest BCUT2D eigenvalue weighted by molar-refractivity contribution is 7.98. The molecule has 0 bridgehead atoms. The fourth-order valence-electron chi connectivity index (χ4n) is 2.10. The molecule has 23 heavy (non-hydrogen) atoms. The van der Waals surface area contributed by atoms with Crippen molar-refractivity contribution in [1.29, 1.82) is 0 Å². The number of carbonyl (C=O) groups excluding carboxylic acids is 1. The van der Waals surface area contributed by atoms with Gasteiger partial charge in [-0.25, -0.2) is 0 Å². The Morgan fingerprint density at radius 2 is 1.87 bits per heavy atom. The van der Waals surface area contributed by atoms with E-state index in [1.165, 1.54) is 11.0 Å². The SMILES string of the molecule is CSc1ccc(C=CC(=O)c2cc3cc(Cl)ccc3o2)cc1.Cl. The van der Waals surface area contributed by atoms with Crippen LogP contribution < -0.4 is 0 Å². The number of fused-ring (bicyclic) bond motifs is 1. The van der Waals surface area contributed by atoms with Crippen LogP contribution in [0.15, 0.2) is 63.9 Å². The van der Waals surface area contributed by atoms with Gasteiger partial charge in [0.1, 0.15) is 5.58 Å². The van der Waals surface area contributed by atoms with Crippen molar-refractivity contribution in [3.05, 3.63) is 71.0 Å². The third kappa shape index (κ3) is 4.20. The maximum Gasteiger partial charge on any atom is 0.221 e. The molecule has 0 atom stereocenters. The van der Waals surface area contributed by atoms with E-state index in [-0.39, 0.29) is 18.2 Å². The molecular formula is C18H14Cl2O2S. The number of hydrogen-bond acceptors (Lipinski definition) is 3. The van der Waals surface area contributed by atoms with Gasteiger partial charge in [-0.05, 0) is 54.3 Å². The molecule has 0 radical (unpaired) electrons. The van der Waals surface area contributed by atoms with Crippen molar-refractivity contribution in [3.63, 3.8) is 0 Å². The molecule has 0 fully saturated rings. The fourth-order valence-corrected chi connectivity index (χ4v) is 2.69.